The highest BCUT2D eigenvalue weighted by Crippen LogP contribution is 2.45. The number of nitrogens with one attached hydrogen (secondary N) is 2. The van der Waals surface area contributed by atoms with Gasteiger partial charge in [-0.1, -0.05) is 42.5 Å². The maximum atomic E-state index is 13.9. The normalized spacial score (nSPS) is 15.8. The van der Waals surface area contributed by atoms with Crippen LogP contribution in [-0.2, 0) is 4.79 Å². The monoisotopic (exact) mass is 380 g/mol. The minimum Gasteiger partial charge on any atom is -0.319 e. The fourth-order valence-electron chi connectivity index (χ4n) is 3.43. The first-order valence-corrected chi connectivity index (χ1v) is 9.40. The molecule has 6 heteroatoms. The molecule has 1 unspecified atom stereocenters. The quantitative estimate of drug-likeness (QED) is 0.677. The average Bonchev–Trinajstić information content (AvgIpc) is 3.00. The molecular formula is C21H17FN2O2S. The van der Waals surface area contributed by atoms with Gasteiger partial charge in [0.05, 0.1) is 15.6 Å². The molecule has 0 bridgehead atoms. The van der Waals surface area contributed by atoms with Gasteiger partial charge in [-0.2, -0.15) is 0 Å². The number of fused-ring (bicyclic) bond motifs is 1. The number of halogens is 1. The lowest BCUT2D eigenvalue weighted by Crippen LogP contribution is -2.22. The summed E-state index contributed by atoms with van der Waals surface area (Å²) in [4.78, 5) is 25.4. The van der Waals surface area contributed by atoms with Gasteiger partial charge in [-0.05, 0) is 35.7 Å². The molecule has 3 aromatic rings. The molecule has 2 N–H and O–H groups in total. The summed E-state index contributed by atoms with van der Waals surface area (Å²) in [6, 6.07) is 15.8. The van der Waals surface area contributed by atoms with Crippen LogP contribution in [0.4, 0.5) is 15.1 Å². The minimum atomic E-state index is -0.486. The number of thiophene rings is 1. The van der Waals surface area contributed by atoms with Gasteiger partial charge in [0.25, 0.3) is 5.91 Å². The van der Waals surface area contributed by atoms with Crippen molar-refractivity contribution in [2.45, 2.75) is 19.3 Å². The number of amides is 2. The fourth-order valence-corrected chi connectivity index (χ4v) is 4.61. The van der Waals surface area contributed by atoms with E-state index in [1.165, 1.54) is 23.5 Å². The molecule has 136 valence electrons. The van der Waals surface area contributed by atoms with Crippen LogP contribution in [0.15, 0.2) is 54.6 Å². The summed E-state index contributed by atoms with van der Waals surface area (Å²) in [6.45, 7) is 1.87. The van der Waals surface area contributed by atoms with Crippen molar-refractivity contribution >= 4 is 33.8 Å². The SMILES string of the molecule is Cc1c(C(=O)Nc2ccccc2F)sc2c1C(c1ccccc1)CC(=O)N2. The zero-order valence-electron chi connectivity index (χ0n) is 14.6. The van der Waals surface area contributed by atoms with Gasteiger partial charge < -0.3 is 10.6 Å². The summed E-state index contributed by atoms with van der Waals surface area (Å²) >= 11 is 1.23. The molecule has 0 fully saturated rings. The maximum absolute atomic E-state index is 13.9. The summed E-state index contributed by atoms with van der Waals surface area (Å²) in [6.07, 6.45) is 0.336. The van der Waals surface area contributed by atoms with Crippen molar-refractivity contribution in [1.82, 2.24) is 0 Å². The highest BCUT2D eigenvalue weighted by atomic mass is 32.1. The van der Waals surface area contributed by atoms with Crippen molar-refractivity contribution < 1.29 is 14.0 Å². The van der Waals surface area contributed by atoms with Crippen LogP contribution < -0.4 is 10.6 Å². The molecule has 0 saturated heterocycles. The van der Waals surface area contributed by atoms with Crippen molar-refractivity contribution in [2.75, 3.05) is 10.6 Å². The number of hydrogen-bond acceptors (Lipinski definition) is 3. The molecule has 0 radical (unpaired) electrons. The van der Waals surface area contributed by atoms with E-state index < -0.39 is 5.82 Å². The summed E-state index contributed by atoms with van der Waals surface area (Å²) < 4.78 is 13.9. The highest BCUT2D eigenvalue weighted by Gasteiger charge is 2.32. The van der Waals surface area contributed by atoms with Crippen molar-refractivity contribution in [3.63, 3.8) is 0 Å². The third kappa shape index (κ3) is 3.24. The van der Waals surface area contributed by atoms with Gasteiger partial charge in [0.2, 0.25) is 5.91 Å². The van der Waals surface area contributed by atoms with E-state index in [-0.39, 0.29) is 23.4 Å². The topological polar surface area (TPSA) is 58.2 Å². The second-order valence-corrected chi connectivity index (χ2v) is 7.47. The standard InChI is InChI=1S/C21H17FN2O2S/c1-12-18-14(13-7-3-2-4-8-13)11-17(25)24-21(18)27-19(12)20(26)23-16-10-6-5-9-15(16)22/h2-10,14H,11H2,1H3,(H,23,26)(H,24,25). The number of carbonyl (C=O) groups is 2. The second-order valence-electron chi connectivity index (χ2n) is 6.45. The Kier molecular flexibility index (Phi) is 4.49. The lowest BCUT2D eigenvalue weighted by atomic mass is 9.85. The Hall–Kier alpha value is -2.99. The smallest absolute Gasteiger partial charge is 0.266 e. The predicted molar refractivity (Wildman–Crippen MR) is 105 cm³/mol. The van der Waals surface area contributed by atoms with Crippen molar-refractivity contribution in [3.8, 4) is 0 Å². The molecule has 1 aliphatic rings. The van der Waals surface area contributed by atoms with E-state index in [9.17, 15) is 14.0 Å². The van der Waals surface area contributed by atoms with E-state index in [0.717, 1.165) is 16.7 Å². The molecule has 0 aliphatic carbocycles. The van der Waals surface area contributed by atoms with Gasteiger partial charge in [-0.3, -0.25) is 9.59 Å². The van der Waals surface area contributed by atoms with Gasteiger partial charge in [0.15, 0.2) is 0 Å². The van der Waals surface area contributed by atoms with Gasteiger partial charge >= 0.3 is 0 Å². The van der Waals surface area contributed by atoms with E-state index in [1.54, 1.807) is 12.1 Å². The number of rotatable bonds is 3. The Morgan fingerprint density at radius 3 is 2.59 bits per heavy atom. The van der Waals surface area contributed by atoms with Gasteiger partial charge in [0.1, 0.15) is 5.82 Å². The minimum absolute atomic E-state index is 0.0707. The Morgan fingerprint density at radius 1 is 1.15 bits per heavy atom. The van der Waals surface area contributed by atoms with E-state index in [2.05, 4.69) is 10.6 Å². The lowest BCUT2D eigenvalue weighted by molar-refractivity contribution is -0.116. The first kappa shape index (κ1) is 17.4. The highest BCUT2D eigenvalue weighted by molar-refractivity contribution is 7.18. The van der Waals surface area contributed by atoms with Crippen LogP contribution in [0.25, 0.3) is 0 Å². The molecule has 4 nitrogen and oxygen atoms in total. The van der Waals surface area contributed by atoms with E-state index in [0.29, 0.717) is 16.3 Å². The average molecular weight is 380 g/mol. The van der Waals surface area contributed by atoms with Crippen molar-refractivity contribution in [2.24, 2.45) is 0 Å². The maximum Gasteiger partial charge on any atom is 0.266 e. The zero-order valence-corrected chi connectivity index (χ0v) is 15.4. The van der Waals surface area contributed by atoms with Crippen LogP contribution in [0, 0.1) is 12.7 Å². The number of hydrogen-bond donors (Lipinski definition) is 2. The van der Waals surface area contributed by atoms with Gasteiger partial charge in [-0.25, -0.2) is 4.39 Å². The van der Waals surface area contributed by atoms with E-state index in [1.807, 2.05) is 37.3 Å². The Bertz CT molecular complexity index is 1030. The molecule has 0 spiro atoms. The van der Waals surface area contributed by atoms with Crippen LogP contribution in [0.2, 0.25) is 0 Å². The summed E-state index contributed by atoms with van der Waals surface area (Å²) in [5.41, 5.74) is 2.95. The molecule has 1 atom stereocenters. The molecule has 0 saturated carbocycles. The van der Waals surface area contributed by atoms with Crippen molar-refractivity contribution in [1.29, 1.82) is 0 Å². The molecule has 2 amide bonds. The molecule has 1 aromatic heterocycles. The van der Waals surface area contributed by atoms with E-state index >= 15 is 0 Å². The number of para-hydroxylation sites is 1. The Morgan fingerprint density at radius 2 is 1.85 bits per heavy atom. The first-order chi connectivity index (χ1) is 13.0. The molecule has 1 aliphatic heterocycles. The van der Waals surface area contributed by atoms with Crippen LogP contribution in [0.3, 0.4) is 0 Å². The molecule has 27 heavy (non-hydrogen) atoms. The van der Waals surface area contributed by atoms with E-state index in [4.69, 9.17) is 0 Å². The summed E-state index contributed by atoms with van der Waals surface area (Å²) in [7, 11) is 0. The molecular weight excluding hydrogens is 363 g/mol. The van der Waals surface area contributed by atoms with Gasteiger partial charge in [-0.15, -0.1) is 11.3 Å². The summed E-state index contributed by atoms with van der Waals surface area (Å²) in [5.74, 6) is -1.03. The van der Waals surface area contributed by atoms with Crippen LogP contribution >= 0.6 is 11.3 Å². The largest absolute Gasteiger partial charge is 0.319 e. The molecule has 2 aromatic carbocycles. The Labute approximate surface area is 160 Å². The Balaban J connectivity index is 1.72. The number of carbonyl (C=O) groups excluding carboxylic acids is 2. The number of anilines is 2. The first-order valence-electron chi connectivity index (χ1n) is 8.58. The summed E-state index contributed by atoms with van der Waals surface area (Å²) in [5, 5.41) is 6.19. The molecule has 2 heterocycles. The third-order valence-corrected chi connectivity index (χ3v) is 5.94. The van der Waals surface area contributed by atoms with Crippen LogP contribution in [0.5, 0.6) is 0 Å². The van der Waals surface area contributed by atoms with Crippen LogP contribution in [0.1, 0.15) is 38.7 Å². The van der Waals surface area contributed by atoms with Gasteiger partial charge in [0, 0.05) is 12.3 Å². The zero-order chi connectivity index (χ0) is 19.0. The van der Waals surface area contributed by atoms with Crippen LogP contribution in [-0.4, -0.2) is 11.8 Å². The predicted octanol–water partition coefficient (Wildman–Crippen LogP) is 4.92. The third-order valence-electron chi connectivity index (χ3n) is 4.71. The molecule has 4 rings (SSSR count). The van der Waals surface area contributed by atoms with Crippen molar-refractivity contribution in [3.05, 3.63) is 82.0 Å². The number of benzene rings is 2. The fraction of sp³-hybridized carbons (Fsp3) is 0.143. The lowest BCUT2D eigenvalue weighted by Gasteiger charge is -2.24. The second kappa shape index (κ2) is 6.96.